The third kappa shape index (κ3) is 1.41. The third-order valence-corrected chi connectivity index (χ3v) is 3.09. The Bertz CT molecular complexity index is 506. The minimum atomic E-state index is 0.436. The molecule has 0 atom stereocenters. The lowest BCUT2D eigenvalue weighted by Crippen LogP contribution is -1.88. The summed E-state index contributed by atoms with van der Waals surface area (Å²) in [6, 6.07) is 5.76. The number of nitriles is 1. The van der Waals surface area contributed by atoms with Gasteiger partial charge in [-0.1, -0.05) is 11.6 Å². The summed E-state index contributed by atoms with van der Waals surface area (Å²) in [6.45, 7) is 0. The summed E-state index contributed by atoms with van der Waals surface area (Å²) in [4.78, 5) is 4.95. The zero-order valence-corrected chi connectivity index (χ0v) is 8.93. The molecule has 2 aromatic rings. The van der Waals surface area contributed by atoms with E-state index in [0.717, 1.165) is 10.6 Å². The van der Waals surface area contributed by atoms with E-state index >= 15 is 0 Å². The highest BCUT2D eigenvalue weighted by atomic mass is 35.5. The molecule has 0 bridgehead atoms. The molecule has 0 amide bonds. The van der Waals surface area contributed by atoms with Crippen molar-refractivity contribution in [2.75, 3.05) is 0 Å². The third-order valence-electron chi connectivity index (χ3n) is 1.85. The van der Waals surface area contributed by atoms with E-state index in [9.17, 15) is 0 Å². The molecule has 0 saturated carbocycles. The fraction of sp³-hybridized carbons (Fsp3) is 0.111. The lowest BCUT2D eigenvalue weighted by Gasteiger charge is -1.97. The summed E-state index contributed by atoms with van der Waals surface area (Å²) in [5.74, 6) is 0. The van der Waals surface area contributed by atoms with Gasteiger partial charge in [0.1, 0.15) is 6.07 Å². The predicted molar refractivity (Wildman–Crippen MR) is 56.2 cm³/mol. The van der Waals surface area contributed by atoms with Crippen molar-refractivity contribution in [2.24, 2.45) is 7.05 Å². The van der Waals surface area contributed by atoms with Crippen LogP contribution in [0.25, 0.3) is 10.6 Å². The Morgan fingerprint density at radius 3 is 2.93 bits per heavy atom. The van der Waals surface area contributed by atoms with E-state index in [0.29, 0.717) is 10.0 Å². The summed E-state index contributed by atoms with van der Waals surface area (Å²) >= 11 is 7.27. The first kappa shape index (κ1) is 9.25. The minimum absolute atomic E-state index is 0.436. The monoisotopic (exact) mass is 223 g/mol. The largest absolute Gasteiger partial charge is 0.332 e. The van der Waals surface area contributed by atoms with Crippen LogP contribution in [0.2, 0.25) is 4.34 Å². The van der Waals surface area contributed by atoms with Crippen molar-refractivity contribution in [1.82, 2.24) is 9.55 Å². The Labute approximate surface area is 90.2 Å². The Kier molecular flexibility index (Phi) is 2.28. The highest BCUT2D eigenvalue weighted by molar-refractivity contribution is 7.19. The fourth-order valence-corrected chi connectivity index (χ4v) is 2.38. The molecule has 0 radical (unpaired) electrons. The molecule has 3 nitrogen and oxygen atoms in total. The molecule has 0 fully saturated rings. The number of halogens is 1. The second-order valence-electron chi connectivity index (χ2n) is 2.77. The topological polar surface area (TPSA) is 41.6 Å². The summed E-state index contributed by atoms with van der Waals surface area (Å²) in [7, 11) is 1.86. The molecule has 0 aliphatic rings. The molecule has 0 unspecified atom stereocenters. The number of aromatic nitrogens is 2. The Balaban J connectivity index is 2.61. The first-order valence-electron chi connectivity index (χ1n) is 3.89. The standard InChI is InChI=1S/C9H6ClN3S/c1-13-5-12-6(4-11)9(13)7-2-3-8(10)14-7/h2-3,5H,1H3. The van der Waals surface area contributed by atoms with Crippen molar-refractivity contribution in [2.45, 2.75) is 0 Å². The van der Waals surface area contributed by atoms with Gasteiger partial charge in [0.25, 0.3) is 0 Å². The number of thiophene rings is 1. The highest BCUT2D eigenvalue weighted by Crippen LogP contribution is 2.32. The van der Waals surface area contributed by atoms with Crippen LogP contribution in [0.3, 0.4) is 0 Å². The molecule has 2 aromatic heterocycles. The molecule has 0 aliphatic carbocycles. The number of hydrogen-bond acceptors (Lipinski definition) is 3. The van der Waals surface area contributed by atoms with Crippen LogP contribution in [0.15, 0.2) is 18.5 Å². The summed E-state index contributed by atoms with van der Waals surface area (Å²) < 4.78 is 2.53. The van der Waals surface area contributed by atoms with Gasteiger partial charge in [-0.05, 0) is 12.1 Å². The van der Waals surface area contributed by atoms with Crippen LogP contribution in [-0.4, -0.2) is 9.55 Å². The van der Waals surface area contributed by atoms with Gasteiger partial charge in [0, 0.05) is 7.05 Å². The van der Waals surface area contributed by atoms with E-state index in [2.05, 4.69) is 11.1 Å². The average Bonchev–Trinajstić information content (AvgIpc) is 2.71. The van der Waals surface area contributed by atoms with Crippen LogP contribution in [0, 0.1) is 11.3 Å². The van der Waals surface area contributed by atoms with Crippen molar-refractivity contribution in [3.05, 3.63) is 28.5 Å². The van der Waals surface area contributed by atoms with Crippen molar-refractivity contribution in [3.63, 3.8) is 0 Å². The van der Waals surface area contributed by atoms with E-state index in [1.165, 1.54) is 11.3 Å². The number of rotatable bonds is 1. The number of nitrogens with zero attached hydrogens (tertiary/aromatic N) is 3. The van der Waals surface area contributed by atoms with Crippen LogP contribution in [0.1, 0.15) is 5.69 Å². The van der Waals surface area contributed by atoms with E-state index < -0.39 is 0 Å². The van der Waals surface area contributed by atoms with Gasteiger partial charge in [-0.25, -0.2) is 4.98 Å². The first-order valence-corrected chi connectivity index (χ1v) is 5.09. The highest BCUT2D eigenvalue weighted by Gasteiger charge is 2.12. The van der Waals surface area contributed by atoms with Gasteiger partial charge in [-0.15, -0.1) is 11.3 Å². The fourth-order valence-electron chi connectivity index (χ4n) is 1.24. The molecule has 2 rings (SSSR count). The molecule has 0 N–H and O–H groups in total. The first-order chi connectivity index (χ1) is 6.72. The quantitative estimate of drug-likeness (QED) is 0.746. The molecule has 0 saturated heterocycles. The van der Waals surface area contributed by atoms with E-state index in [1.807, 2.05) is 23.7 Å². The maximum absolute atomic E-state index is 8.85. The average molecular weight is 224 g/mol. The van der Waals surface area contributed by atoms with Crippen molar-refractivity contribution >= 4 is 22.9 Å². The zero-order valence-electron chi connectivity index (χ0n) is 7.36. The molecule has 0 aliphatic heterocycles. The van der Waals surface area contributed by atoms with Crippen molar-refractivity contribution < 1.29 is 0 Å². The van der Waals surface area contributed by atoms with E-state index in [-0.39, 0.29) is 0 Å². The number of aryl methyl sites for hydroxylation is 1. The number of hydrogen-bond donors (Lipinski definition) is 0. The maximum Gasteiger partial charge on any atom is 0.167 e. The van der Waals surface area contributed by atoms with E-state index in [4.69, 9.17) is 16.9 Å². The normalized spacial score (nSPS) is 10.1. The van der Waals surface area contributed by atoms with Crippen LogP contribution < -0.4 is 0 Å². The summed E-state index contributed by atoms with van der Waals surface area (Å²) in [5, 5.41) is 8.85. The molecule has 14 heavy (non-hydrogen) atoms. The molecule has 70 valence electrons. The SMILES string of the molecule is Cn1cnc(C#N)c1-c1ccc(Cl)s1. The maximum atomic E-state index is 8.85. The molecule has 0 aromatic carbocycles. The van der Waals surface area contributed by atoms with Gasteiger partial charge in [0.15, 0.2) is 5.69 Å². The smallest absolute Gasteiger partial charge is 0.167 e. The van der Waals surface area contributed by atoms with Gasteiger partial charge >= 0.3 is 0 Å². The van der Waals surface area contributed by atoms with Gasteiger partial charge in [0.05, 0.1) is 21.2 Å². The lowest BCUT2D eigenvalue weighted by atomic mass is 10.3. The second-order valence-corrected chi connectivity index (χ2v) is 4.48. The molecular formula is C9H6ClN3S. The predicted octanol–water partition coefficient (Wildman–Crippen LogP) is 2.67. The second kappa shape index (κ2) is 3.45. The Hall–Kier alpha value is -1.31. The lowest BCUT2D eigenvalue weighted by molar-refractivity contribution is 0.923. The van der Waals surface area contributed by atoms with Crippen LogP contribution in [0.5, 0.6) is 0 Å². The molecule has 2 heterocycles. The summed E-state index contributed by atoms with van der Waals surface area (Å²) in [5.41, 5.74) is 1.26. The van der Waals surface area contributed by atoms with E-state index in [1.54, 1.807) is 6.33 Å². The zero-order chi connectivity index (χ0) is 10.1. The van der Waals surface area contributed by atoms with Crippen molar-refractivity contribution in [3.8, 4) is 16.6 Å². The van der Waals surface area contributed by atoms with Crippen molar-refractivity contribution in [1.29, 1.82) is 5.26 Å². The molecular weight excluding hydrogens is 218 g/mol. The Morgan fingerprint density at radius 2 is 2.36 bits per heavy atom. The summed E-state index contributed by atoms with van der Waals surface area (Å²) in [6.07, 6.45) is 1.63. The Morgan fingerprint density at radius 1 is 1.57 bits per heavy atom. The molecule has 0 spiro atoms. The van der Waals surface area contributed by atoms with Crippen LogP contribution >= 0.6 is 22.9 Å². The number of imidazole rings is 1. The van der Waals surface area contributed by atoms with Gasteiger partial charge in [-0.3, -0.25) is 0 Å². The van der Waals surface area contributed by atoms with Crippen LogP contribution in [-0.2, 0) is 7.05 Å². The van der Waals surface area contributed by atoms with Gasteiger partial charge < -0.3 is 4.57 Å². The van der Waals surface area contributed by atoms with Crippen LogP contribution in [0.4, 0.5) is 0 Å². The minimum Gasteiger partial charge on any atom is -0.332 e. The molecule has 5 heteroatoms. The van der Waals surface area contributed by atoms with Gasteiger partial charge in [0.2, 0.25) is 0 Å². The van der Waals surface area contributed by atoms with Gasteiger partial charge in [-0.2, -0.15) is 5.26 Å².